The van der Waals surface area contributed by atoms with E-state index in [4.69, 9.17) is 0 Å². The molecular formula is C15H27N3O2. The first kappa shape index (κ1) is 15.3. The lowest BCUT2D eigenvalue weighted by Crippen LogP contribution is -2.69. The molecule has 2 aliphatic rings. The zero-order valence-corrected chi connectivity index (χ0v) is 13.1. The lowest BCUT2D eigenvalue weighted by atomic mass is 9.85. The molecule has 0 spiro atoms. The third-order valence-corrected chi connectivity index (χ3v) is 5.03. The Bertz CT molecular complexity index is 393. The van der Waals surface area contributed by atoms with Crippen LogP contribution in [0.15, 0.2) is 0 Å². The summed E-state index contributed by atoms with van der Waals surface area (Å²) in [5.41, 5.74) is -0.682. The van der Waals surface area contributed by atoms with E-state index in [1.54, 1.807) is 0 Å². The molecule has 0 aromatic heterocycles. The summed E-state index contributed by atoms with van der Waals surface area (Å²) in [6.07, 6.45) is 2.28. The number of piperazine rings is 1. The summed E-state index contributed by atoms with van der Waals surface area (Å²) in [4.78, 5) is 29.1. The Hall–Kier alpha value is -1.10. The summed E-state index contributed by atoms with van der Waals surface area (Å²) in [7, 11) is 2.11. The number of rotatable bonds is 3. The zero-order chi connectivity index (χ0) is 14.9. The second-order valence-corrected chi connectivity index (χ2v) is 6.37. The number of nitrogens with one attached hydrogen (secondary N) is 1. The minimum Gasteiger partial charge on any atom is -0.340 e. The molecule has 2 atom stereocenters. The first-order chi connectivity index (χ1) is 9.43. The highest BCUT2D eigenvalue weighted by Crippen LogP contribution is 2.28. The topological polar surface area (TPSA) is 52.7 Å². The maximum Gasteiger partial charge on any atom is 0.249 e. The van der Waals surface area contributed by atoms with E-state index in [0.717, 1.165) is 19.5 Å². The predicted octanol–water partition coefficient (Wildman–Crippen LogP) is 0.844. The molecule has 114 valence electrons. The van der Waals surface area contributed by atoms with Gasteiger partial charge in [-0.25, -0.2) is 0 Å². The van der Waals surface area contributed by atoms with Gasteiger partial charge in [-0.2, -0.15) is 0 Å². The molecule has 2 amide bonds. The fraction of sp³-hybridized carbons (Fsp3) is 0.867. The molecule has 0 saturated carbocycles. The number of carbonyl (C=O) groups excluding carboxylic acids is 2. The Kier molecular flexibility index (Phi) is 4.37. The average Bonchev–Trinajstić information content (AvgIpc) is 2.41. The van der Waals surface area contributed by atoms with E-state index in [0.29, 0.717) is 18.8 Å². The van der Waals surface area contributed by atoms with Gasteiger partial charge in [-0.1, -0.05) is 20.8 Å². The van der Waals surface area contributed by atoms with E-state index in [9.17, 15) is 9.59 Å². The minimum absolute atomic E-state index is 0.0144. The van der Waals surface area contributed by atoms with Crippen molar-refractivity contribution >= 4 is 11.8 Å². The molecule has 0 radical (unpaired) electrons. The van der Waals surface area contributed by atoms with E-state index >= 15 is 0 Å². The third-order valence-electron chi connectivity index (χ3n) is 5.03. The van der Waals surface area contributed by atoms with Gasteiger partial charge in [0, 0.05) is 12.6 Å². The summed E-state index contributed by atoms with van der Waals surface area (Å²) < 4.78 is 0. The number of likely N-dealkylation sites (tertiary alicyclic amines) is 1. The van der Waals surface area contributed by atoms with Gasteiger partial charge in [0.05, 0.1) is 6.54 Å². The molecule has 2 saturated heterocycles. The van der Waals surface area contributed by atoms with Crippen molar-refractivity contribution in [1.29, 1.82) is 0 Å². The van der Waals surface area contributed by atoms with Crippen molar-refractivity contribution in [3.8, 4) is 0 Å². The van der Waals surface area contributed by atoms with Crippen molar-refractivity contribution in [2.24, 2.45) is 5.92 Å². The lowest BCUT2D eigenvalue weighted by Gasteiger charge is -2.48. The molecule has 2 heterocycles. The molecule has 2 rings (SSSR count). The molecule has 2 unspecified atom stereocenters. The maximum absolute atomic E-state index is 12.9. The highest BCUT2D eigenvalue weighted by molar-refractivity contribution is 5.98. The Balaban J connectivity index is 2.22. The normalized spacial score (nSPS) is 31.3. The number of hydrogen-bond donors (Lipinski definition) is 1. The molecule has 5 heteroatoms. The molecule has 0 bridgehead atoms. The van der Waals surface area contributed by atoms with Gasteiger partial charge >= 0.3 is 0 Å². The van der Waals surface area contributed by atoms with E-state index in [-0.39, 0.29) is 24.4 Å². The van der Waals surface area contributed by atoms with E-state index in [1.165, 1.54) is 0 Å². The van der Waals surface area contributed by atoms with Gasteiger partial charge in [-0.05, 0) is 38.8 Å². The molecule has 1 N–H and O–H groups in total. The van der Waals surface area contributed by atoms with Crippen molar-refractivity contribution < 1.29 is 9.59 Å². The van der Waals surface area contributed by atoms with Crippen LogP contribution in [-0.2, 0) is 9.59 Å². The van der Waals surface area contributed by atoms with Crippen LogP contribution in [0, 0.1) is 5.92 Å². The van der Waals surface area contributed by atoms with Gasteiger partial charge < -0.3 is 15.1 Å². The summed E-state index contributed by atoms with van der Waals surface area (Å²) in [5, 5.41) is 2.93. The smallest absolute Gasteiger partial charge is 0.249 e. The second kappa shape index (κ2) is 5.72. The number of hydrogen-bond acceptors (Lipinski definition) is 3. The summed E-state index contributed by atoms with van der Waals surface area (Å²) in [6, 6.07) is 0.197. The molecule has 2 aliphatic heterocycles. The van der Waals surface area contributed by atoms with Crippen molar-refractivity contribution in [1.82, 2.24) is 15.1 Å². The van der Waals surface area contributed by atoms with Crippen LogP contribution in [0.25, 0.3) is 0 Å². The van der Waals surface area contributed by atoms with Gasteiger partial charge in [0.2, 0.25) is 11.8 Å². The summed E-state index contributed by atoms with van der Waals surface area (Å²) >= 11 is 0. The highest BCUT2D eigenvalue weighted by atomic mass is 16.2. The van der Waals surface area contributed by atoms with Crippen LogP contribution in [0.5, 0.6) is 0 Å². The zero-order valence-electron chi connectivity index (χ0n) is 13.1. The van der Waals surface area contributed by atoms with Crippen molar-refractivity contribution in [2.75, 3.05) is 26.7 Å². The SMILES string of the molecule is CCC1(CC)NC(=O)CN(C2CCN(C)CC2C)C1=O. The molecule has 20 heavy (non-hydrogen) atoms. The summed E-state index contributed by atoms with van der Waals surface area (Å²) in [5.74, 6) is 0.512. The van der Waals surface area contributed by atoms with Crippen molar-refractivity contribution in [3.63, 3.8) is 0 Å². The van der Waals surface area contributed by atoms with Gasteiger partial charge in [0.15, 0.2) is 0 Å². The molecule has 0 aromatic carbocycles. The maximum atomic E-state index is 12.9. The van der Waals surface area contributed by atoms with Gasteiger partial charge in [-0.15, -0.1) is 0 Å². The largest absolute Gasteiger partial charge is 0.340 e. The average molecular weight is 281 g/mol. The van der Waals surface area contributed by atoms with Gasteiger partial charge in [-0.3, -0.25) is 9.59 Å². The van der Waals surface area contributed by atoms with E-state index < -0.39 is 5.54 Å². The van der Waals surface area contributed by atoms with Crippen LogP contribution < -0.4 is 5.32 Å². The quantitative estimate of drug-likeness (QED) is 0.834. The van der Waals surface area contributed by atoms with Crippen LogP contribution in [-0.4, -0.2) is 59.9 Å². The predicted molar refractivity (Wildman–Crippen MR) is 78.2 cm³/mol. The van der Waals surface area contributed by atoms with Crippen LogP contribution in [0.2, 0.25) is 0 Å². The molecule has 0 aromatic rings. The highest BCUT2D eigenvalue weighted by Gasteiger charge is 2.47. The number of carbonyl (C=O) groups is 2. The minimum atomic E-state index is -0.682. The van der Waals surface area contributed by atoms with E-state index in [1.807, 2.05) is 18.7 Å². The summed E-state index contributed by atoms with van der Waals surface area (Å²) in [6.45, 7) is 8.33. The first-order valence-electron chi connectivity index (χ1n) is 7.74. The monoisotopic (exact) mass is 281 g/mol. The standard InChI is InChI=1S/C15H27N3O2/c1-5-15(6-2)14(20)18(10-13(19)16-15)12-7-8-17(4)9-11(12)3/h11-12H,5-10H2,1-4H3,(H,16,19). The number of nitrogens with zero attached hydrogens (tertiary/aromatic N) is 2. The van der Waals surface area contributed by atoms with Crippen LogP contribution in [0.1, 0.15) is 40.0 Å². The Morgan fingerprint density at radius 1 is 1.30 bits per heavy atom. The Labute approximate surface area is 121 Å². The molecular weight excluding hydrogens is 254 g/mol. The van der Waals surface area contributed by atoms with Crippen molar-refractivity contribution in [2.45, 2.75) is 51.6 Å². The van der Waals surface area contributed by atoms with Crippen LogP contribution in [0.4, 0.5) is 0 Å². The Morgan fingerprint density at radius 3 is 2.50 bits per heavy atom. The second-order valence-electron chi connectivity index (χ2n) is 6.37. The molecule has 2 fully saturated rings. The number of amides is 2. The van der Waals surface area contributed by atoms with Crippen LogP contribution in [0.3, 0.4) is 0 Å². The van der Waals surface area contributed by atoms with Gasteiger partial charge in [0.1, 0.15) is 5.54 Å². The van der Waals surface area contributed by atoms with Gasteiger partial charge in [0.25, 0.3) is 0 Å². The number of piperidine rings is 1. The molecule has 0 aliphatic carbocycles. The van der Waals surface area contributed by atoms with Crippen molar-refractivity contribution in [3.05, 3.63) is 0 Å². The fourth-order valence-corrected chi connectivity index (χ4v) is 3.66. The fourth-order valence-electron chi connectivity index (χ4n) is 3.66. The first-order valence-corrected chi connectivity index (χ1v) is 7.74. The van der Waals surface area contributed by atoms with Crippen LogP contribution >= 0.6 is 0 Å². The third kappa shape index (κ3) is 2.55. The lowest BCUT2D eigenvalue weighted by molar-refractivity contribution is -0.155. The molecule has 5 nitrogen and oxygen atoms in total. The van der Waals surface area contributed by atoms with E-state index in [2.05, 4.69) is 24.2 Å². The Morgan fingerprint density at radius 2 is 1.95 bits per heavy atom.